The van der Waals surface area contributed by atoms with Gasteiger partial charge in [0.15, 0.2) is 7.14 Å². The predicted molar refractivity (Wildman–Crippen MR) is 107 cm³/mol. The fourth-order valence-electron chi connectivity index (χ4n) is 3.02. The zero-order valence-electron chi connectivity index (χ0n) is 15.1. The molecule has 0 saturated heterocycles. The number of ether oxygens (including phenoxy) is 2. The quantitative estimate of drug-likeness (QED) is 0.599. The summed E-state index contributed by atoms with van der Waals surface area (Å²) in [5.74, 6) is 0. The van der Waals surface area contributed by atoms with Crippen LogP contribution in [0.1, 0.15) is 11.1 Å². The molecule has 0 aliphatic heterocycles. The molecule has 4 heteroatoms. The van der Waals surface area contributed by atoms with Gasteiger partial charge >= 0.3 is 0 Å². The van der Waals surface area contributed by atoms with Crippen molar-refractivity contribution in [1.82, 2.24) is 0 Å². The van der Waals surface area contributed by atoms with E-state index < -0.39 is 7.14 Å². The van der Waals surface area contributed by atoms with Crippen molar-refractivity contribution < 1.29 is 14.0 Å². The van der Waals surface area contributed by atoms with E-state index in [4.69, 9.17) is 9.47 Å². The van der Waals surface area contributed by atoms with Crippen LogP contribution < -0.4 is 15.9 Å². The molecule has 3 rings (SSSR count). The van der Waals surface area contributed by atoms with Crippen molar-refractivity contribution in [2.24, 2.45) is 0 Å². The van der Waals surface area contributed by atoms with Crippen molar-refractivity contribution in [1.29, 1.82) is 0 Å². The van der Waals surface area contributed by atoms with E-state index in [0.29, 0.717) is 13.2 Å². The first kappa shape index (κ1) is 18.6. The van der Waals surface area contributed by atoms with Crippen LogP contribution in [0, 0.1) is 0 Å². The molecule has 0 atom stereocenters. The van der Waals surface area contributed by atoms with Gasteiger partial charge in [0.25, 0.3) is 0 Å². The highest BCUT2D eigenvalue weighted by molar-refractivity contribution is 7.85. The van der Waals surface area contributed by atoms with Gasteiger partial charge in [0.2, 0.25) is 0 Å². The summed E-state index contributed by atoms with van der Waals surface area (Å²) in [6.07, 6.45) is 0. The topological polar surface area (TPSA) is 35.5 Å². The highest BCUT2D eigenvalue weighted by Crippen LogP contribution is 2.42. The second kappa shape index (κ2) is 8.46. The minimum absolute atomic E-state index is 0.543. The lowest BCUT2D eigenvalue weighted by Gasteiger charge is -2.20. The predicted octanol–water partition coefficient (Wildman–Crippen LogP) is 3.62. The maximum Gasteiger partial charge on any atom is 0.171 e. The van der Waals surface area contributed by atoms with Crippen LogP contribution in [-0.2, 0) is 27.3 Å². The number of rotatable bonds is 7. The smallest absolute Gasteiger partial charge is 0.171 e. The van der Waals surface area contributed by atoms with Crippen LogP contribution in [0.15, 0.2) is 78.9 Å². The number of hydrogen-bond acceptors (Lipinski definition) is 3. The summed E-state index contributed by atoms with van der Waals surface area (Å²) in [5, 5.41) is 2.48. The Morgan fingerprint density at radius 3 is 1.38 bits per heavy atom. The summed E-state index contributed by atoms with van der Waals surface area (Å²) < 4.78 is 24.6. The lowest BCUT2D eigenvalue weighted by Crippen LogP contribution is -2.25. The van der Waals surface area contributed by atoms with E-state index in [1.807, 2.05) is 78.9 Å². The van der Waals surface area contributed by atoms with Crippen LogP contribution in [0.4, 0.5) is 0 Å². The van der Waals surface area contributed by atoms with E-state index in [2.05, 4.69) is 0 Å². The van der Waals surface area contributed by atoms with Gasteiger partial charge in [-0.25, -0.2) is 0 Å². The van der Waals surface area contributed by atoms with Crippen molar-refractivity contribution >= 4 is 23.1 Å². The summed E-state index contributed by atoms with van der Waals surface area (Å²) in [4.78, 5) is 0. The molecule has 3 aromatic carbocycles. The molecule has 3 aromatic rings. The Morgan fingerprint density at radius 2 is 1.00 bits per heavy atom. The van der Waals surface area contributed by atoms with Gasteiger partial charge in [0, 0.05) is 30.1 Å². The largest absolute Gasteiger partial charge is 0.380 e. The zero-order valence-corrected chi connectivity index (χ0v) is 16.0. The van der Waals surface area contributed by atoms with E-state index >= 15 is 0 Å². The van der Waals surface area contributed by atoms with Gasteiger partial charge in [-0.1, -0.05) is 78.9 Å². The Hall–Kier alpha value is -2.19. The second-order valence-corrected chi connectivity index (χ2v) is 8.91. The Labute approximate surface area is 155 Å². The summed E-state index contributed by atoms with van der Waals surface area (Å²) in [7, 11) is 0.406. The molecule has 0 saturated carbocycles. The summed E-state index contributed by atoms with van der Waals surface area (Å²) in [6, 6.07) is 25.4. The molecule has 0 amide bonds. The van der Waals surface area contributed by atoms with E-state index in [0.717, 1.165) is 27.0 Å². The van der Waals surface area contributed by atoms with Gasteiger partial charge in [0.1, 0.15) is 0 Å². The standard InChI is InChI=1S/C22H23O3P/c1-24-16-18-8-12-21(13-9-18)26(23,20-6-4-3-5-7-20)22-14-10-19(11-15-22)17-25-2/h3-15H,16-17H2,1-2H3. The van der Waals surface area contributed by atoms with Crippen LogP contribution in [0.5, 0.6) is 0 Å². The Bertz CT molecular complexity index is 818. The molecule has 0 aliphatic carbocycles. The molecule has 0 radical (unpaired) electrons. The molecule has 0 bridgehead atoms. The molecular weight excluding hydrogens is 343 g/mol. The highest BCUT2D eigenvalue weighted by Gasteiger charge is 2.29. The first-order chi connectivity index (χ1) is 12.7. The monoisotopic (exact) mass is 366 g/mol. The lowest BCUT2D eigenvalue weighted by molar-refractivity contribution is 0.185. The van der Waals surface area contributed by atoms with Crippen molar-refractivity contribution in [3.05, 3.63) is 90.0 Å². The summed E-state index contributed by atoms with van der Waals surface area (Å²) >= 11 is 0. The Balaban J connectivity index is 2.09. The number of methoxy groups -OCH3 is 2. The van der Waals surface area contributed by atoms with Gasteiger partial charge in [-0.2, -0.15) is 0 Å². The molecule has 0 aromatic heterocycles. The second-order valence-electron chi connectivity index (χ2n) is 6.14. The fraction of sp³-hybridized carbons (Fsp3) is 0.182. The lowest BCUT2D eigenvalue weighted by atomic mass is 10.2. The van der Waals surface area contributed by atoms with Crippen molar-refractivity contribution in [3.63, 3.8) is 0 Å². The van der Waals surface area contributed by atoms with E-state index in [9.17, 15) is 4.57 Å². The number of benzene rings is 3. The minimum atomic E-state index is -2.94. The normalized spacial score (nSPS) is 11.5. The van der Waals surface area contributed by atoms with Crippen molar-refractivity contribution in [2.75, 3.05) is 14.2 Å². The highest BCUT2D eigenvalue weighted by atomic mass is 31.2. The molecule has 0 N–H and O–H groups in total. The third kappa shape index (κ3) is 3.81. The fourth-order valence-corrected chi connectivity index (χ4v) is 5.65. The van der Waals surface area contributed by atoms with Crippen molar-refractivity contribution in [2.45, 2.75) is 13.2 Å². The Kier molecular flexibility index (Phi) is 6.05. The molecule has 134 valence electrons. The zero-order chi connectivity index (χ0) is 18.4. The average Bonchev–Trinajstić information content (AvgIpc) is 2.70. The van der Waals surface area contributed by atoms with Crippen LogP contribution in [0.2, 0.25) is 0 Å². The van der Waals surface area contributed by atoms with Gasteiger partial charge < -0.3 is 14.0 Å². The molecule has 0 fully saturated rings. The van der Waals surface area contributed by atoms with Gasteiger partial charge in [-0.15, -0.1) is 0 Å². The molecule has 26 heavy (non-hydrogen) atoms. The van der Waals surface area contributed by atoms with Crippen LogP contribution >= 0.6 is 7.14 Å². The van der Waals surface area contributed by atoms with E-state index in [1.165, 1.54) is 0 Å². The third-order valence-corrected chi connectivity index (χ3v) is 7.42. The maximum absolute atomic E-state index is 14.3. The summed E-state index contributed by atoms with van der Waals surface area (Å²) in [5.41, 5.74) is 2.12. The molecule has 0 heterocycles. The SMILES string of the molecule is COCc1ccc(P(=O)(c2ccccc2)c2ccc(COC)cc2)cc1. The minimum Gasteiger partial charge on any atom is -0.380 e. The maximum atomic E-state index is 14.3. The number of hydrogen-bond donors (Lipinski definition) is 0. The third-order valence-electron chi connectivity index (χ3n) is 4.34. The molecule has 3 nitrogen and oxygen atoms in total. The van der Waals surface area contributed by atoms with E-state index in [-0.39, 0.29) is 0 Å². The molecule has 0 unspecified atom stereocenters. The summed E-state index contributed by atoms with van der Waals surface area (Å²) in [6.45, 7) is 1.09. The average molecular weight is 366 g/mol. The van der Waals surface area contributed by atoms with Gasteiger partial charge in [-0.3, -0.25) is 0 Å². The molecule has 0 spiro atoms. The molecular formula is C22H23O3P. The Morgan fingerprint density at radius 1 is 0.615 bits per heavy atom. The van der Waals surface area contributed by atoms with Gasteiger partial charge in [-0.05, 0) is 11.1 Å². The molecule has 0 aliphatic rings. The van der Waals surface area contributed by atoms with Gasteiger partial charge in [0.05, 0.1) is 13.2 Å². The van der Waals surface area contributed by atoms with Crippen LogP contribution in [0.3, 0.4) is 0 Å². The first-order valence-electron chi connectivity index (χ1n) is 8.51. The first-order valence-corrected chi connectivity index (χ1v) is 10.2. The van der Waals surface area contributed by atoms with Crippen LogP contribution in [-0.4, -0.2) is 14.2 Å². The van der Waals surface area contributed by atoms with E-state index in [1.54, 1.807) is 14.2 Å². The van der Waals surface area contributed by atoms with Crippen LogP contribution in [0.25, 0.3) is 0 Å². The van der Waals surface area contributed by atoms with Crippen molar-refractivity contribution in [3.8, 4) is 0 Å².